The van der Waals surface area contributed by atoms with E-state index >= 15 is 0 Å². The summed E-state index contributed by atoms with van der Waals surface area (Å²) in [5.74, 6) is -0.605. The second kappa shape index (κ2) is 6.92. The van der Waals surface area contributed by atoms with E-state index in [-0.39, 0.29) is 16.3 Å². The van der Waals surface area contributed by atoms with Crippen LogP contribution < -0.4 is 10.7 Å². The number of anilines is 1. The van der Waals surface area contributed by atoms with Gasteiger partial charge in [-0.15, -0.1) is 0 Å². The number of carbonyl (C=O) groups excluding carboxylic acids is 1. The van der Waals surface area contributed by atoms with Crippen molar-refractivity contribution in [2.75, 3.05) is 31.1 Å². The van der Waals surface area contributed by atoms with Crippen LogP contribution in [0.1, 0.15) is 17.3 Å². The second-order valence-corrected chi connectivity index (χ2v) is 8.60. The number of oxazole rings is 1. The number of ketones is 1. The molecule has 146 valence electrons. The van der Waals surface area contributed by atoms with Gasteiger partial charge in [0.05, 0.1) is 10.4 Å². The number of Topliss-reactive ketones (excluding diaryl/α,β-unsaturated/α-hetero) is 1. The van der Waals surface area contributed by atoms with Crippen molar-refractivity contribution in [3.8, 4) is 0 Å². The highest BCUT2D eigenvalue weighted by molar-refractivity contribution is 7.89. The minimum atomic E-state index is -3.68. The number of rotatable bonds is 4. The Kier molecular flexibility index (Phi) is 4.56. The molecule has 2 heterocycles. The van der Waals surface area contributed by atoms with Crippen LogP contribution in [0.2, 0.25) is 0 Å². The van der Waals surface area contributed by atoms with Crippen LogP contribution in [-0.2, 0) is 10.0 Å². The van der Waals surface area contributed by atoms with Gasteiger partial charge in [0.15, 0.2) is 11.4 Å². The number of H-pyrrole nitrogens is 1. The van der Waals surface area contributed by atoms with E-state index in [1.54, 1.807) is 12.1 Å². The Balaban J connectivity index is 1.50. The molecule has 0 atom stereocenters. The monoisotopic (exact) mass is 401 g/mol. The highest BCUT2D eigenvalue weighted by Gasteiger charge is 2.29. The molecule has 2 aromatic carbocycles. The minimum absolute atomic E-state index is 0.0117. The number of benzene rings is 2. The second-order valence-electron chi connectivity index (χ2n) is 6.67. The van der Waals surface area contributed by atoms with E-state index in [1.807, 2.05) is 12.1 Å². The Morgan fingerprint density at radius 2 is 1.71 bits per heavy atom. The number of carbonyl (C=O) groups is 1. The zero-order chi connectivity index (χ0) is 19.9. The molecule has 1 aromatic heterocycles. The average Bonchev–Trinajstić information content (AvgIpc) is 3.07. The SMILES string of the molecule is CC(=O)c1ccc(N2CCN(S(=O)(=O)c3ccc4[nH]c(=O)oc4c3)CC2)cc1. The van der Waals surface area contributed by atoms with E-state index < -0.39 is 15.8 Å². The summed E-state index contributed by atoms with van der Waals surface area (Å²) in [5, 5.41) is 0. The number of hydrogen-bond acceptors (Lipinski definition) is 6. The fourth-order valence-corrected chi connectivity index (χ4v) is 4.77. The molecule has 1 aliphatic rings. The van der Waals surface area contributed by atoms with E-state index in [0.717, 1.165) is 5.69 Å². The molecule has 0 radical (unpaired) electrons. The molecule has 3 aromatic rings. The maximum atomic E-state index is 12.9. The van der Waals surface area contributed by atoms with Gasteiger partial charge in [-0.1, -0.05) is 0 Å². The molecule has 28 heavy (non-hydrogen) atoms. The normalized spacial score (nSPS) is 15.8. The van der Waals surface area contributed by atoms with E-state index in [4.69, 9.17) is 4.42 Å². The first-order valence-corrected chi connectivity index (χ1v) is 10.3. The number of aromatic nitrogens is 1. The maximum Gasteiger partial charge on any atom is 0.417 e. The lowest BCUT2D eigenvalue weighted by Crippen LogP contribution is -2.48. The topological polar surface area (TPSA) is 104 Å². The van der Waals surface area contributed by atoms with Crippen LogP contribution in [0.15, 0.2) is 56.6 Å². The fourth-order valence-electron chi connectivity index (χ4n) is 3.33. The largest absolute Gasteiger partial charge is 0.417 e. The third kappa shape index (κ3) is 3.34. The number of aromatic amines is 1. The summed E-state index contributed by atoms with van der Waals surface area (Å²) < 4.78 is 32.3. The molecule has 0 bridgehead atoms. The fraction of sp³-hybridized carbons (Fsp3) is 0.263. The van der Waals surface area contributed by atoms with Crippen LogP contribution in [-0.4, -0.2) is 49.7 Å². The molecule has 0 saturated carbocycles. The predicted molar refractivity (Wildman–Crippen MR) is 104 cm³/mol. The lowest BCUT2D eigenvalue weighted by atomic mass is 10.1. The summed E-state index contributed by atoms with van der Waals surface area (Å²) in [6.07, 6.45) is 0. The van der Waals surface area contributed by atoms with Crippen molar-refractivity contribution >= 4 is 32.6 Å². The molecular formula is C19H19N3O5S. The Morgan fingerprint density at radius 1 is 1.04 bits per heavy atom. The van der Waals surface area contributed by atoms with Gasteiger partial charge in [-0.05, 0) is 43.3 Å². The van der Waals surface area contributed by atoms with E-state index in [1.165, 1.54) is 29.4 Å². The lowest BCUT2D eigenvalue weighted by Gasteiger charge is -2.35. The van der Waals surface area contributed by atoms with Gasteiger partial charge in [0.2, 0.25) is 10.0 Å². The van der Waals surface area contributed by atoms with Gasteiger partial charge in [-0.3, -0.25) is 9.78 Å². The first-order chi connectivity index (χ1) is 13.3. The van der Waals surface area contributed by atoms with Gasteiger partial charge >= 0.3 is 5.76 Å². The Bertz CT molecular complexity index is 1190. The number of sulfonamides is 1. The molecule has 0 spiro atoms. The van der Waals surface area contributed by atoms with Crippen LogP contribution in [0.4, 0.5) is 5.69 Å². The van der Waals surface area contributed by atoms with Crippen molar-refractivity contribution in [3.05, 3.63) is 58.6 Å². The van der Waals surface area contributed by atoms with E-state index in [9.17, 15) is 18.0 Å². The third-order valence-electron chi connectivity index (χ3n) is 4.91. The summed E-state index contributed by atoms with van der Waals surface area (Å²) in [7, 11) is -3.68. The van der Waals surface area contributed by atoms with Crippen LogP contribution in [0.5, 0.6) is 0 Å². The highest BCUT2D eigenvalue weighted by atomic mass is 32.2. The zero-order valence-electron chi connectivity index (χ0n) is 15.2. The molecule has 0 aliphatic carbocycles. The summed E-state index contributed by atoms with van der Waals surface area (Å²) in [6.45, 7) is 3.28. The van der Waals surface area contributed by atoms with Crippen LogP contribution in [0.25, 0.3) is 11.1 Å². The molecule has 0 amide bonds. The summed E-state index contributed by atoms with van der Waals surface area (Å²) in [5.41, 5.74) is 2.28. The zero-order valence-corrected chi connectivity index (χ0v) is 16.0. The Hall–Kier alpha value is -2.91. The van der Waals surface area contributed by atoms with Crippen LogP contribution in [0.3, 0.4) is 0 Å². The van der Waals surface area contributed by atoms with Gasteiger partial charge < -0.3 is 9.32 Å². The van der Waals surface area contributed by atoms with Crippen molar-refractivity contribution in [2.24, 2.45) is 0 Å². The van der Waals surface area contributed by atoms with Crippen LogP contribution >= 0.6 is 0 Å². The van der Waals surface area contributed by atoms with Gasteiger partial charge in [0.1, 0.15) is 0 Å². The number of fused-ring (bicyclic) bond motifs is 1. The van der Waals surface area contributed by atoms with Crippen molar-refractivity contribution in [2.45, 2.75) is 11.8 Å². The predicted octanol–water partition coefficient (Wildman–Crippen LogP) is 1.83. The summed E-state index contributed by atoms with van der Waals surface area (Å²) in [6, 6.07) is 11.7. The van der Waals surface area contributed by atoms with Gasteiger partial charge in [0, 0.05) is 43.5 Å². The quantitative estimate of drug-likeness (QED) is 0.669. The average molecular weight is 401 g/mol. The van der Waals surface area contributed by atoms with E-state index in [0.29, 0.717) is 37.3 Å². The van der Waals surface area contributed by atoms with Crippen molar-refractivity contribution in [1.82, 2.24) is 9.29 Å². The number of hydrogen-bond donors (Lipinski definition) is 1. The van der Waals surface area contributed by atoms with Crippen LogP contribution in [0, 0.1) is 0 Å². The Morgan fingerprint density at radius 3 is 2.36 bits per heavy atom. The maximum absolute atomic E-state index is 12.9. The first kappa shape index (κ1) is 18.5. The van der Waals surface area contributed by atoms with Crippen molar-refractivity contribution in [3.63, 3.8) is 0 Å². The van der Waals surface area contributed by atoms with Gasteiger partial charge in [-0.25, -0.2) is 13.2 Å². The highest BCUT2D eigenvalue weighted by Crippen LogP contribution is 2.23. The molecule has 8 nitrogen and oxygen atoms in total. The number of piperazine rings is 1. The standard InChI is InChI=1S/C19H19N3O5S/c1-13(23)14-2-4-15(5-3-14)21-8-10-22(11-9-21)28(25,26)16-6-7-17-18(12-16)27-19(24)20-17/h2-7,12H,8-11H2,1H3,(H,20,24). The van der Waals surface area contributed by atoms with Gasteiger partial charge in [0.25, 0.3) is 0 Å². The number of nitrogens with zero attached hydrogens (tertiary/aromatic N) is 2. The molecule has 0 unspecified atom stereocenters. The summed E-state index contributed by atoms with van der Waals surface area (Å²) >= 11 is 0. The summed E-state index contributed by atoms with van der Waals surface area (Å²) in [4.78, 5) is 27.3. The van der Waals surface area contributed by atoms with E-state index in [2.05, 4.69) is 9.88 Å². The molecular weight excluding hydrogens is 382 g/mol. The smallest absolute Gasteiger partial charge is 0.408 e. The molecule has 1 fully saturated rings. The first-order valence-electron chi connectivity index (χ1n) is 8.83. The van der Waals surface area contributed by atoms with Crippen molar-refractivity contribution in [1.29, 1.82) is 0 Å². The molecule has 1 saturated heterocycles. The van der Waals surface area contributed by atoms with Gasteiger partial charge in [-0.2, -0.15) is 4.31 Å². The minimum Gasteiger partial charge on any atom is -0.408 e. The molecule has 4 rings (SSSR count). The molecule has 1 N–H and O–H groups in total. The lowest BCUT2D eigenvalue weighted by molar-refractivity contribution is 0.101. The van der Waals surface area contributed by atoms with Crippen molar-refractivity contribution < 1.29 is 17.6 Å². The molecule has 9 heteroatoms. The third-order valence-corrected chi connectivity index (χ3v) is 6.80. The Labute approximate surface area is 161 Å². The number of nitrogens with one attached hydrogen (secondary N) is 1. The molecule has 1 aliphatic heterocycles.